The van der Waals surface area contributed by atoms with Crippen molar-refractivity contribution in [2.45, 2.75) is 20.4 Å². The molecule has 0 unspecified atom stereocenters. The number of benzene rings is 2. The van der Waals surface area contributed by atoms with Gasteiger partial charge in [-0.3, -0.25) is 9.36 Å². The van der Waals surface area contributed by atoms with Gasteiger partial charge in [0.2, 0.25) is 11.9 Å². The van der Waals surface area contributed by atoms with E-state index in [4.69, 9.17) is 15.7 Å². The molecule has 0 saturated heterocycles. The number of nitrogens with zero attached hydrogens (tertiary/aromatic N) is 4. The zero-order chi connectivity index (χ0) is 22.1. The molecule has 0 aliphatic heterocycles. The number of aromatic nitrogens is 3. The molecule has 2 heterocycles. The highest BCUT2D eigenvalue weighted by atomic mass is 16.1. The Morgan fingerprint density at radius 2 is 1.81 bits per heavy atom. The van der Waals surface area contributed by atoms with Crippen LogP contribution in [0.5, 0.6) is 0 Å². The molecular weight excluding hydrogens is 388 g/mol. The van der Waals surface area contributed by atoms with E-state index < -0.39 is 5.91 Å². The van der Waals surface area contributed by atoms with E-state index in [0.29, 0.717) is 18.1 Å². The average Bonchev–Trinajstić information content (AvgIpc) is 3.09. The van der Waals surface area contributed by atoms with Crippen molar-refractivity contribution >= 4 is 28.4 Å². The third-order valence-electron chi connectivity index (χ3n) is 5.33. The van der Waals surface area contributed by atoms with E-state index in [-0.39, 0.29) is 0 Å². The van der Waals surface area contributed by atoms with Crippen molar-refractivity contribution in [2.75, 3.05) is 24.3 Å². The van der Waals surface area contributed by atoms with E-state index in [9.17, 15) is 4.79 Å². The molecular formula is C24H26N6O. The van der Waals surface area contributed by atoms with Crippen LogP contribution >= 0.6 is 0 Å². The molecule has 7 heteroatoms. The molecule has 0 saturated carbocycles. The van der Waals surface area contributed by atoms with Crippen molar-refractivity contribution in [3.63, 3.8) is 0 Å². The topological polar surface area (TPSA) is 89.1 Å². The van der Waals surface area contributed by atoms with Crippen LogP contribution in [0.2, 0.25) is 0 Å². The lowest BCUT2D eigenvalue weighted by molar-refractivity contribution is 0.100. The number of carbonyl (C=O) groups is 1. The van der Waals surface area contributed by atoms with Crippen LogP contribution in [-0.2, 0) is 6.54 Å². The van der Waals surface area contributed by atoms with E-state index in [1.165, 1.54) is 5.56 Å². The van der Waals surface area contributed by atoms with Gasteiger partial charge >= 0.3 is 0 Å². The fourth-order valence-electron chi connectivity index (χ4n) is 3.83. The first-order valence-corrected chi connectivity index (χ1v) is 10.1. The number of carbonyl (C=O) groups excluding carboxylic acids is 1. The van der Waals surface area contributed by atoms with Crippen molar-refractivity contribution in [3.8, 4) is 5.95 Å². The second-order valence-electron chi connectivity index (χ2n) is 7.78. The summed E-state index contributed by atoms with van der Waals surface area (Å²) in [5, 5.41) is 4.25. The van der Waals surface area contributed by atoms with Crippen LogP contribution in [0.1, 0.15) is 27.2 Å². The Morgan fingerprint density at radius 3 is 2.48 bits per heavy atom. The Morgan fingerprint density at radius 1 is 1.06 bits per heavy atom. The monoisotopic (exact) mass is 414 g/mol. The SMILES string of the molecule is Cc1c(NCc2ccccc2)nc(-n2c(C)cc3c(C(N)=O)cccc32)nc1N(C)C. The van der Waals surface area contributed by atoms with Crippen LogP contribution in [0.3, 0.4) is 0 Å². The zero-order valence-corrected chi connectivity index (χ0v) is 18.2. The fraction of sp³-hybridized carbons (Fsp3) is 0.208. The van der Waals surface area contributed by atoms with Crippen LogP contribution in [-0.4, -0.2) is 34.5 Å². The molecule has 0 atom stereocenters. The van der Waals surface area contributed by atoms with Gasteiger partial charge in [0.15, 0.2) is 0 Å². The van der Waals surface area contributed by atoms with Crippen molar-refractivity contribution in [1.29, 1.82) is 0 Å². The molecule has 0 bridgehead atoms. The van der Waals surface area contributed by atoms with Crippen molar-refractivity contribution in [2.24, 2.45) is 5.73 Å². The van der Waals surface area contributed by atoms with Crippen LogP contribution < -0.4 is 16.0 Å². The molecule has 158 valence electrons. The molecule has 0 spiro atoms. The number of fused-ring (bicyclic) bond motifs is 1. The third-order valence-corrected chi connectivity index (χ3v) is 5.33. The number of amides is 1. The third kappa shape index (κ3) is 3.82. The highest BCUT2D eigenvalue weighted by molar-refractivity contribution is 6.06. The minimum absolute atomic E-state index is 0.452. The lowest BCUT2D eigenvalue weighted by Gasteiger charge is -2.20. The molecule has 3 N–H and O–H groups in total. The molecule has 31 heavy (non-hydrogen) atoms. The highest BCUT2D eigenvalue weighted by Gasteiger charge is 2.18. The van der Waals surface area contributed by atoms with E-state index >= 15 is 0 Å². The van der Waals surface area contributed by atoms with Crippen molar-refractivity contribution in [3.05, 3.63) is 77.0 Å². The Labute approximate surface area is 181 Å². The number of rotatable bonds is 6. The summed E-state index contributed by atoms with van der Waals surface area (Å²) in [4.78, 5) is 23.6. The molecule has 0 fully saturated rings. The molecule has 4 rings (SSSR count). The summed E-state index contributed by atoms with van der Waals surface area (Å²) < 4.78 is 1.96. The molecule has 2 aromatic heterocycles. The molecule has 0 aliphatic carbocycles. The Bertz CT molecular complexity index is 1260. The molecule has 7 nitrogen and oxygen atoms in total. The first-order chi connectivity index (χ1) is 14.9. The van der Waals surface area contributed by atoms with E-state index in [0.717, 1.165) is 33.8 Å². The van der Waals surface area contributed by atoms with Gasteiger partial charge in [-0.05, 0) is 37.6 Å². The summed E-state index contributed by atoms with van der Waals surface area (Å²) in [5.74, 6) is 1.68. The fourth-order valence-corrected chi connectivity index (χ4v) is 3.83. The smallest absolute Gasteiger partial charge is 0.249 e. The Kier molecular flexibility index (Phi) is 5.33. The maximum Gasteiger partial charge on any atom is 0.249 e. The second kappa shape index (κ2) is 8.10. The quantitative estimate of drug-likeness (QED) is 0.501. The number of anilines is 2. The predicted octanol–water partition coefficient (Wildman–Crippen LogP) is 3.81. The van der Waals surface area contributed by atoms with Gasteiger partial charge < -0.3 is 16.0 Å². The lowest BCUT2D eigenvalue weighted by atomic mass is 10.1. The maximum absolute atomic E-state index is 11.9. The van der Waals surface area contributed by atoms with Crippen LogP contribution in [0, 0.1) is 13.8 Å². The number of nitrogens with two attached hydrogens (primary N) is 1. The minimum Gasteiger partial charge on any atom is -0.366 e. The number of primary amides is 1. The first-order valence-electron chi connectivity index (χ1n) is 10.1. The van der Waals surface area contributed by atoms with E-state index in [1.54, 1.807) is 6.07 Å². The number of hydrogen-bond donors (Lipinski definition) is 2. The predicted molar refractivity (Wildman–Crippen MR) is 125 cm³/mol. The van der Waals surface area contributed by atoms with Gasteiger partial charge in [0.25, 0.3) is 0 Å². The maximum atomic E-state index is 11.9. The van der Waals surface area contributed by atoms with Crippen LogP contribution in [0.15, 0.2) is 54.6 Å². The number of aryl methyl sites for hydroxylation is 1. The van der Waals surface area contributed by atoms with Gasteiger partial charge in [0.1, 0.15) is 11.6 Å². The van der Waals surface area contributed by atoms with Gasteiger partial charge in [-0.15, -0.1) is 0 Å². The summed E-state index contributed by atoms with van der Waals surface area (Å²) >= 11 is 0. The van der Waals surface area contributed by atoms with Gasteiger partial charge in [0.05, 0.1) is 5.52 Å². The second-order valence-corrected chi connectivity index (χ2v) is 7.78. The van der Waals surface area contributed by atoms with Gasteiger partial charge in [0, 0.05) is 42.8 Å². The Hall–Kier alpha value is -3.87. The van der Waals surface area contributed by atoms with Gasteiger partial charge in [-0.1, -0.05) is 36.4 Å². The van der Waals surface area contributed by atoms with Crippen molar-refractivity contribution in [1.82, 2.24) is 14.5 Å². The zero-order valence-electron chi connectivity index (χ0n) is 18.2. The molecule has 4 aromatic rings. The summed E-state index contributed by atoms with van der Waals surface area (Å²) in [7, 11) is 3.93. The minimum atomic E-state index is -0.452. The summed E-state index contributed by atoms with van der Waals surface area (Å²) in [6.45, 7) is 4.64. The summed E-state index contributed by atoms with van der Waals surface area (Å²) in [6, 6.07) is 17.7. The largest absolute Gasteiger partial charge is 0.366 e. The van der Waals surface area contributed by atoms with E-state index in [1.807, 2.05) is 73.8 Å². The lowest BCUT2D eigenvalue weighted by Crippen LogP contribution is -2.17. The van der Waals surface area contributed by atoms with Gasteiger partial charge in [-0.2, -0.15) is 9.97 Å². The molecule has 2 aromatic carbocycles. The molecule has 1 amide bonds. The summed E-state index contributed by atoms with van der Waals surface area (Å²) in [6.07, 6.45) is 0. The van der Waals surface area contributed by atoms with Gasteiger partial charge in [-0.25, -0.2) is 0 Å². The Balaban J connectivity index is 1.85. The first kappa shape index (κ1) is 20.4. The van der Waals surface area contributed by atoms with Crippen LogP contribution in [0.4, 0.5) is 11.6 Å². The van der Waals surface area contributed by atoms with Crippen LogP contribution in [0.25, 0.3) is 16.9 Å². The van der Waals surface area contributed by atoms with Crippen molar-refractivity contribution < 1.29 is 4.79 Å². The molecule has 0 radical (unpaired) electrons. The summed E-state index contributed by atoms with van der Waals surface area (Å²) in [5.41, 5.74) is 9.98. The highest BCUT2D eigenvalue weighted by Crippen LogP contribution is 2.29. The number of nitrogens with one attached hydrogen (secondary N) is 1. The standard InChI is InChI=1S/C24H26N6O/c1-15-13-19-18(21(25)31)11-8-12-20(19)30(15)24-27-22(16(2)23(28-24)29(3)4)26-14-17-9-6-5-7-10-17/h5-13H,14H2,1-4H3,(H2,25,31)(H,26,27,28). The molecule has 0 aliphatic rings. The number of hydrogen-bond acceptors (Lipinski definition) is 5. The average molecular weight is 415 g/mol. The van der Waals surface area contributed by atoms with E-state index in [2.05, 4.69) is 17.4 Å². The normalized spacial score (nSPS) is 11.0.